The van der Waals surface area contributed by atoms with Crippen LogP contribution in [-0.2, 0) is 0 Å². The molecule has 4 heteroatoms. The van der Waals surface area contributed by atoms with Gasteiger partial charge in [0.15, 0.2) is 0 Å². The van der Waals surface area contributed by atoms with Gasteiger partial charge in [0.1, 0.15) is 10.8 Å². The number of aromatic nitrogens is 1. The van der Waals surface area contributed by atoms with Gasteiger partial charge >= 0.3 is 0 Å². The van der Waals surface area contributed by atoms with Crippen molar-refractivity contribution in [3.63, 3.8) is 0 Å². The summed E-state index contributed by atoms with van der Waals surface area (Å²) in [5.41, 5.74) is 2.23. The predicted molar refractivity (Wildman–Crippen MR) is 115 cm³/mol. The molecule has 0 atom stereocenters. The van der Waals surface area contributed by atoms with Crippen molar-refractivity contribution < 1.29 is 4.74 Å². The molecule has 1 fully saturated rings. The van der Waals surface area contributed by atoms with Gasteiger partial charge in [-0.1, -0.05) is 36.8 Å². The Labute approximate surface area is 165 Å². The largest absolute Gasteiger partial charge is 0.494 e. The van der Waals surface area contributed by atoms with Crippen LogP contribution in [0.1, 0.15) is 36.3 Å². The normalized spacial score (nSPS) is 15.6. The topological polar surface area (TPSA) is 25.4 Å². The van der Waals surface area contributed by atoms with Crippen LogP contribution in [0, 0.1) is 0 Å². The van der Waals surface area contributed by atoms with Gasteiger partial charge in [0.05, 0.1) is 16.8 Å². The first kappa shape index (κ1) is 18.2. The van der Waals surface area contributed by atoms with E-state index >= 15 is 0 Å². The van der Waals surface area contributed by atoms with Gasteiger partial charge in [-0.25, -0.2) is 4.98 Å². The van der Waals surface area contributed by atoms with Crippen molar-refractivity contribution in [3.05, 3.63) is 59.1 Å². The van der Waals surface area contributed by atoms with Crippen molar-refractivity contribution in [3.8, 4) is 5.75 Å². The molecule has 0 bridgehead atoms. The van der Waals surface area contributed by atoms with E-state index in [0.717, 1.165) is 41.4 Å². The average molecular weight is 379 g/mol. The van der Waals surface area contributed by atoms with Crippen LogP contribution in [0.4, 0.5) is 0 Å². The van der Waals surface area contributed by atoms with E-state index < -0.39 is 0 Å². The third-order valence-electron chi connectivity index (χ3n) is 4.94. The standard InChI is InChI=1S/C23H26N2OS/c1-4-15-25(16-5-1)17-6-18-26-20-12-9-19(10-13-20)11-14-23-24-21-7-2-3-8-22(21)27-23/h2-3,7-14H,1,4-6,15-18H2/b14-11+. The minimum atomic E-state index is 0.789. The average Bonchev–Trinajstić information content (AvgIpc) is 3.14. The van der Waals surface area contributed by atoms with Crippen molar-refractivity contribution in [1.29, 1.82) is 0 Å². The monoisotopic (exact) mass is 378 g/mol. The lowest BCUT2D eigenvalue weighted by atomic mass is 10.1. The summed E-state index contributed by atoms with van der Waals surface area (Å²) in [4.78, 5) is 7.20. The van der Waals surface area contributed by atoms with E-state index in [4.69, 9.17) is 4.74 Å². The van der Waals surface area contributed by atoms with Gasteiger partial charge in [-0.3, -0.25) is 0 Å². The van der Waals surface area contributed by atoms with Gasteiger partial charge in [-0.2, -0.15) is 0 Å². The Kier molecular flexibility index (Phi) is 6.17. The number of likely N-dealkylation sites (tertiary alicyclic amines) is 1. The summed E-state index contributed by atoms with van der Waals surface area (Å²) in [5.74, 6) is 0.950. The van der Waals surface area contributed by atoms with Crippen LogP contribution in [0.2, 0.25) is 0 Å². The Balaban J connectivity index is 1.25. The summed E-state index contributed by atoms with van der Waals surface area (Å²) in [6.07, 6.45) is 9.39. The van der Waals surface area contributed by atoms with Gasteiger partial charge < -0.3 is 9.64 Å². The van der Waals surface area contributed by atoms with Crippen LogP contribution in [-0.4, -0.2) is 36.1 Å². The molecule has 2 heterocycles. The van der Waals surface area contributed by atoms with Crippen LogP contribution in [0.25, 0.3) is 22.4 Å². The molecule has 4 rings (SSSR count). The molecule has 0 saturated carbocycles. The molecular weight excluding hydrogens is 352 g/mol. The minimum absolute atomic E-state index is 0.789. The number of hydrogen-bond donors (Lipinski definition) is 0. The van der Waals surface area contributed by atoms with Crippen molar-refractivity contribution in [2.75, 3.05) is 26.2 Å². The molecule has 2 aromatic carbocycles. The molecule has 0 amide bonds. The number of rotatable bonds is 7. The summed E-state index contributed by atoms with van der Waals surface area (Å²) in [5, 5.41) is 1.04. The molecule has 0 spiro atoms. The van der Waals surface area contributed by atoms with Crippen molar-refractivity contribution >= 4 is 33.7 Å². The fraction of sp³-hybridized carbons (Fsp3) is 0.348. The van der Waals surface area contributed by atoms with E-state index in [0.29, 0.717) is 0 Å². The van der Waals surface area contributed by atoms with E-state index in [-0.39, 0.29) is 0 Å². The summed E-state index contributed by atoms with van der Waals surface area (Å²) < 4.78 is 7.12. The second-order valence-electron chi connectivity index (χ2n) is 7.03. The molecule has 0 unspecified atom stereocenters. The van der Waals surface area contributed by atoms with Crippen LogP contribution in [0.5, 0.6) is 5.75 Å². The number of nitrogens with zero attached hydrogens (tertiary/aromatic N) is 2. The second-order valence-corrected chi connectivity index (χ2v) is 8.09. The van der Waals surface area contributed by atoms with Crippen molar-refractivity contribution in [2.24, 2.45) is 0 Å². The van der Waals surface area contributed by atoms with Crippen LogP contribution in [0.15, 0.2) is 48.5 Å². The maximum atomic E-state index is 5.89. The Bertz CT molecular complexity index is 846. The third kappa shape index (κ3) is 5.18. The Morgan fingerprint density at radius 3 is 2.59 bits per heavy atom. The summed E-state index contributed by atoms with van der Waals surface area (Å²) in [7, 11) is 0. The highest BCUT2D eigenvalue weighted by molar-refractivity contribution is 7.19. The number of thiazole rings is 1. The first-order valence-corrected chi connectivity index (χ1v) is 10.7. The zero-order valence-corrected chi connectivity index (χ0v) is 16.5. The molecule has 1 aromatic heterocycles. The summed E-state index contributed by atoms with van der Waals surface area (Å²) in [6.45, 7) is 4.46. The van der Waals surface area contributed by atoms with E-state index in [2.05, 4.69) is 64.5 Å². The fourth-order valence-corrected chi connectivity index (χ4v) is 4.34. The minimum Gasteiger partial charge on any atom is -0.494 e. The lowest BCUT2D eigenvalue weighted by molar-refractivity contribution is 0.205. The number of fused-ring (bicyclic) bond motifs is 1. The zero-order chi connectivity index (χ0) is 18.3. The summed E-state index contributed by atoms with van der Waals surface area (Å²) in [6, 6.07) is 16.6. The number of hydrogen-bond acceptors (Lipinski definition) is 4. The first-order valence-electron chi connectivity index (χ1n) is 9.86. The molecule has 3 nitrogen and oxygen atoms in total. The highest BCUT2D eigenvalue weighted by Gasteiger charge is 2.09. The van der Waals surface area contributed by atoms with E-state index in [1.807, 2.05) is 6.07 Å². The molecule has 1 saturated heterocycles. The van der Waals surface area contributed by atoms with Crippen molar-refractivity contribution in [2.45, 2.75) is 25.7 Å². The van der Waals surface area contributed by atoms with Crippen LogP contribution in [0.3, 0.4) is 0 Å². The number of benzene rings is 2. The first-order chi connectivity index (χ1) is 13.4. The summed E-state index contributed by atoms with van der Waals surface area (Å²) >= 11 is 1.72. The number of piperidine rings is 1. The Hall–Kier alpha value is -2.17. The van der Waals surface area contributed by atoms with Gasteiger partial charge in [0.2, 0.25) is 0 Å². The lowest BCUT2D eigenvalue weighted by Gasteiger charge is -2.26. The van der Waals surface area contributed by atoms with Gasteiger partial charge in [0.25, 0.3) is 0 Å². The molecule has 0 N–H and O–H groups in total. The highest BCUT2D eigenvalue weighted by atomic mass is 32.1. The smallest absolute Gasteiger partial charge is 0.119 e. The van der Waals surface area contributed by atoms with Crippen LogP contribution >= 0.6 is 11.3 Å². The van der Waals surface area contributed by atoms with E-state index in [9.17, 15) is 0 Å². The van der Waals surface area contributed by atoms with E-state index in [1.54, 1.807) is 11.3 Å². The maximum absolute atomic E-state index is 5.89. The third-order valence-corrected chi connectivity index (χ3v) is 5.95. The molecule has 0 aliphatic carbocycles. The second kappa shape index (κ2) is 9.16. The maximum Gasteiger partial charge on any atom is 0.119 e. The zero-order valence-electron chi connectivity index (χ0n) is 15.6. The molecule has 140 valence electrons. The predicted octanol–water partition coefficient (Wildman–Crippen LogP) is 5.72. The fourth-order valence-electron chi connectivity index (χ4n) is 3.47. The molecule has 27 heavy (non-hydrogen) atoms. The molecule has 1 aliphatic rings. The molecular formula is C23H26N2OS. The SMILES string of the molecule is C(=C\c1nc2ccccc2s1)/c1ccc(OCCCN2CCCCC2)cc1. The Morgan fingerprint density at radius 1 is 0.963 bits per heavy atom. The molecule has 3 aromatic rings. The van der Waals surface area contributed by atoms with Gasteiger partial charge in [0, 0.05) is 6.54 Å². The molecule has 1 aliphatic heterocycles. The van der Waals surface area contributed by atoms with Gasteiger partial charge in [-0.15, -0.1) is 11.3 Å². The number of para-hydroxylation sites is 1. The quantitative estimate of drug-likeness (QED) is 0.492. The lowest BCUT2D eigenvalue weighted by Crippen LogP contribution is -2.31. The molecule has 0 radical (unpaired) electrons. The number of ether oxygens (including phenoxy) is 1. The van der Waals surface area contributed by atoms with Crippen LogP contribution < -0.4 is 4.74 Å². The highest BCUT2D eigenvalue weighted by Crippen LogP contribution is 2.23. The van der Waals surface area contributed by atoms with Gasteiger partial charge in [-0.05, 0) is 68.3 Å². The Morgan fingerprint density at radius 2 is 1.78 bits per heavy atom. The van der Waals surface area contributed by atoms with Crippen molar-refractivity contribution in [1.82, 2.24) is 9.88 Å². The van der Waals surface area contributed by atoms with E-state index in [1.165, 1.54) is 37.1 Å².